The highest BCUT2D eigenvalue weighted by atomic mass is 35.5. The highest BCUT2D eigenvalue weighted by Gasteiger charge is 2.29. The zero-order chi connectivity index (χ0) is 16.2. The van der Waals surface area contributed by atoms with Crippen LogP contribution in [0.2, 0.25) is 5.02 Å². The summed E-state index contributed by atoms with van der Waals surface area (Å²) in [6.07, 6.45) is 5.75. The van der Waals surface area contributed by atoms with Gasteiger partial charge in [-0.25, -0.2) is 4.39 Å². The number of nitrogens with zero attached hydrogens (tertiary/aromatic N) is 1. The van der Waals surface area contributed by atoms with E-state index in [2.05, 4.69) is 5.32 Å². The Morgan fingerprint density at radius 3 is 2.74 bits per heavy atom. The average molecular weight is 339 g/mol. The Kier molecular flexibility index (Phi) is 5.54. The number of likely N-dealkylation sites (tertiary alicyclic amines) is 1. The first kappa shape index (κ1) is 16.7. The summed E-state index contributed by atoms with van der Waals surface area (Å²) in [5.41, 5.74) is 0.824. The molecule has 2 aliphatic heterocycles. The molecule has 1 N–H and O–H groups in total. The van der Waals surface area contributed by atoms with Crippen molar-refractivity contribution in [2.75, 3.05) is 19.6 Å². The van der Waals surface area contributed by atoms with Crippen LogP contribution < -0.4 is 5.32 Å². The molecule has 23 heavy (non-hydrogen) atoms. The van der Waals surface area contributed by atoms with Gasteiger partial charge in [0.2, 0.25) is 5.91 Å². The highest BCUT2D eigenvalue weighted by Crippen LogP contribution is 2.26. The van der Waals surface area contributed by atoms with Crippen molar-refractivity contribution in [1.82, 2.24) is 10.2 Å². The van der Waals surface area contributed by atoms with Crippen LogP contribution in [0.4, 0.5) is 4.39 Å². The Labute approximate surface area is 142 Å². The van der Waals surface area contributed by atoms with Gasteiger partial charge in [0.1, 0.15) is 5.82 Å². The largest absolute Gasteiger partial charge is 0.343 e. The number of amides is 1. The fourth-order valence-electron chi connectivity index (χ4n) is 3.77. The molecule has 0 aromatic heterocycles. The molecule has 0 bridgehead atoms. The molecular formula is C18H24ClFN2O. The third kappa shape index (κ3) is 4.24. The number of piperidine rings is 1. The van der Waals surface area contributed by atoms with Crippen molar-refractivity contribution >= 4 is 17.5 Å². The van der Waals surface area contributed by atoms with Crippen molar-refractivity contribution in [2.24, 2.45) is 5.92 Å². The molecule has 1 amide bonds. The predicted molar refractivity (Wildman–Crippen MR) is 90.1 cm³/mol. The molecule has 2 fully saturated rings. The quantitative estimate of drug-likeness (QED) is 0.912. The standard InChI is InChI=1S/C18H24ClFN2O/c19-15-5-3-13(12-16(15)20)4-6-18(23)22-10-7-14(8-11-22)17-2-1-9-21-17/h3,5,12,14,17,21H,1-2,4,6-11H2. The van der Waals surface area contributed by atoms with E-state index in [1.165, 1.54) is 18.9 Å². The first-order valence-corrected chi connectivity index (χ1v) is 8.96. The molecule has 3 nitrogen and oxygen atoms in total. The van der Waals surface area contributed by atoms with Crippen LogP contribution in [-0.4, -0.2) is 36.5 Å². The molecule has 1 unspecified atom stereocenters. The maximum absolute atomic E-state index is 13.4. The fourth-order valence-corrected chi connectivity index (χ4v) is 3.89. The summed E-state index contributed by atoms with van der Waals surface area (Å²) in [5.74, 6) is 0.478. The van der Waals surface area contributed by atoms with Crippen LogP contribution >= 0.6 is 11.6 Å². The van der Waals surface area contributed by atoms with Crippen LogP contribution in [0.5, 0.6) is 0 Å². The zero-order valence-electron chi connectivity index (χ0n) is 13.4. The summed E-state index contributed by atoms with van der Waals surface area (Å²) in [5, 5.41) is 3.70. The van der Waals surface area contributed by atoms with E-state index in [1.54, 1.807) is 12.1 Å². The van der Waals surface area contributed by atoms with Crippen molar-refractivity contribution < 1.29 is 9.18 Å². The Balaban J connectivity index is 1.44. The van der Waals surface area contributed by atoms with Gasteiger partial charge >= 0.3 is 0 Å². The topological polar surface area (TPSA) is 32.3 Å². The summed E-state index contributed by atoms with van der Waals surface area (Å²) in [4.78, 5) is 14.3. The van der Waals surface area contributed by atoms with E-state index in [9.17, 15) is 9.18 Å². The lowest BCUT2D eigenvalue weighted by molar-refractivity contribution is -0.132. The molecule has 2 aliphatic rings. The van der Waals surface area contributed by atoms with E-state index < -0.39 is 5.82 Å². The van der Waals surface area contributed by atoms with E-state index in [4.69, 9.17) is 11.6 Å². The molecule has 0 saturated carbocycles. The second kappa shape index (κ2) is 7.63. The molecular weight excluding hydrogens is 315 g/mol. The van der Waals surface area contributed by atoms with Crippen molar-refractivity contribution in [1.29, 1.82) is 0 Å². The normalized spacial score (nSPS) is 22.5. The average Bonchev–Trinajstić information content (AvgIpc) is 3.10. The molecule has 0 aliphatic carbocycles. The summed E-state index contributed by atoms with van der Waals surface area (Å²) < 4.78 is 13.4. The summed E-state index contributed by atoms with van der Waals surface area (Å²) in [6.45, 7) is 2.86. The van der Waals surface area contributed by atoms with Crippen molar-refractivity contribution in [3.05, 3.63) is 34.6 Å². The number of nitrogens with one attached hydrogen (secondary N) is 1. The Morgan fingerprint density at radius 2 is 2.09 bits per heavy atom. The van der Waals surface area contributed by atoms with Crippen LogP contribution in [-0.2, 0) is 11.2 Å². The van der Waals surface area contributed by atoms with Crippen LogP contribution in [0.1, 0.15) is 37.7 Å². The number of benzene rings is 1. The first-order valence-electron chi connectivity index (χ1n) is 8.58. The molecule has 1 atom stereocenters. The van der Waals surface area contributed by atoms with Gasteiger partial charge in [-0.3, -0.25) is 4.79 Å². The van der Waals surface area contributed by atoms with Gasteiger partial charge in [0.05, 0.1) is 5.02 Å². The predicted octanol–water partition coefficient (Wildman–Crippen LogP) is 3.40. The third-order valence-electron chi connectivity index (χ3n) is 5.17. The molecule has 2 saturated heterocycles. The lowest BCUT2D eigenvalue weighted by Crippen LogP contribution is -2.43. The monoisotopic (exact) mass is 338 g/mol. The number of hydrogen-bond donors (Lipinski definition) is 1. The fraction of sp³-hybridized carbons (Fsp3) is 0.611. The maximum Gasteiger partial charge on any atom is 0.222 e. The van der Waals surface area contributed by atoms with Gasteiger partial charge in [0, 0.05) is 25.6 Å². The van der Waals surface area contributed by atoms with Gasteiger partial charge in [-0.05, 0) is 62.3 Å². The van der Waals surface area contributed by atoms with Crippen molar-refractivity contribution in [3.63, 3.8) is 0 Å². The number of hydrogen-bond acceptors (Lipinski definition) is 2. The van der Waals surface area contributed by atoms with Gasteiger partial charge in [-0.15, -0.1) is 0 Å². The minimum Gasteiger partial charge on any atom is -0.343 e. The second-order valence-corrected chi connectivity index (χ2v) is 7.08. The second-order valence-electron chi connectivity index (χ2n) is 6.67. The number of halogens is 2. The lowest BCUT2D eigenvalue weighted by atomic mass is 9.88. The smallest absolute Gasteiger partial charge is 0.222 e. The summed E-state index contributed by atoms with van der Waals surface area (Å²) in [7, 11) is 0. The van der Waals surface area contributed by atoms with Crippen LogP contribution in [0.3, 0.4) is 0 Å². The number of carbonyl (C=O) groups is 1. The van der Waals surface area contributed by atoms with Gasteiger partial charge in [0.15, 0.2) is 0 Å². The van der Waals surface area contributed by atoms with Crippen molar-refractivity contribution in [2.45, 2.75) is 44.6 Å². The molecule has 0 radical (unpaired) electrons. The Morgan fingerprint density at radius 1 is 1.30 bits per heavy atom. The van der Waals surface area contributed by atoms with E-state index >= 15 is 0 Å². The maximum atomic E-state index is 13.4. The molecule has 126 valence electrons. The zero-order valence-corrected chi connectivity index (χ0v) is 14.1. The molecule has 2 heterocycles. The third-order valence-corrected chi connectivity index (χ3v) is 5.48. The highest BCUT2D eigenvalue weighted by molar-refractivity contribution is 6.30. The molecule has 0 spiro atoms. The lowest BCUT2D eigenvalue weighted by Gasteiger charge is -2.35. The molecule has 3 rings (SSSR count). The van der Waals surface area contributed by atoms with Gasteiger partial charge in [-0.1, -0.05) is 17.7 Å². The SMILES string of the molecule is O=C(CCc1ccc(Cl)c(F)c1)N1CCC(C2CCCN2)CC1. The number of carbonyl (C=O) groups excluding carboxylic acids is 1. The minimum atomic E-state index is -0.415. The first-order chi connectivity index (χ1) is 11.1. The van der Waals surface area contributed by atoms with Gasteiger partial charge < -0.3 is 10.2 Å². The van der Waals surface area contributed by atoms with Crippen LogP contribution in [0, 0.1) is 11.7 Å². The van der Waals surface area contributed by atoms with Crippen LogP contribution in [0.15, 0.2) is 18.2 Å². The molecule has 1 aromatic rings. The van der Waals surface area contributed by atoms with E-state index in [-0.39, 0.29) is 10.9 Å². The minimum absolute atomic E-state index is 0.127. The Bertz CT molecular complexity index is 552. The molecule has 5 heteroatoms. The Hall–Kier alpha value is -1.13. The summed E-state index contributed by atoms with van der Waals surface area (Å²) >= 11 is 5.68. The van der Waals surface area contributed by atoms with E-state index in [0.717, 1.165) is 38.0 Å². The van der Waals surface area contributed by atoms with E-state index in [0.29, 0.717) is 24.8 Å². The van der Waals surface area contributed by atoms with Crippen LogP contribution in [0.25, 0.3) is 0 Å². The molecule has 1 aromatic carbocycles. The number of aryl methyl sites for hydroxylation is 1. The van der Waals surface area contributed by atoms with Crippen molar-refractivity contribution in [3.8, 4) is 0 Å². The number of rotatable bonds is 4. The van der Waals surface area contributed by atoms with E-state index in [1.807, 2.05) is 4.90 Å². The van der Waals surface area contributed by atoms with Gasteiger partial charge in [0.25, 0.3) is 0 Å². The van der Waals surface area contributed by atoms with Gasteiger partial charge in [-0.2, -0.15) is 0 Å². The summed E-state index contributed by atoms with van der Waals surface area (Å²) in [6, 6.07) is 5.42.